The number of benzene rings is 1. The smallest absolute Gasteiger partial charge is 0.247 e. The van der Waals surface area contributed by atoms with E-state index in [1.165, 1.54) is 23.2 Å². The fourth-order valence-corrected chi connectivity index (χ4v) is 5.70. The molecule has 0 bridgehead atoms. The lowest BCUT2D eigenvalue weighted by Crippen LogP contribution is -2.39. The summed E-state index contributed by atoms with van der Waals surface area (Å²) in [5.41, 5.74) is 3.89. The molecule has 0 unspecified atom stereocenters. The standard InChI is InChI=1S/C25H19ClFN9O/c26-17-2-4-19(35-12-31-33-34-35)22(23(17)27)13-9-14-1-3-20(36(14)21(37)10-13)25-30-11-18(32-25)15-5-7-28-24-16(15)6-8-29-24/h2,4-8,10-12,14,20H,1,3,9H2,(H,28,29)(H,30,32)/t14-,20+/m1/s1. The number of H-pyrrole nitrogens is 2. The van der Waals surface area contributed by atoms with Crippen molar-refractivity contribution in [1.82, 2.24) is 45.0 Å². The van der Waals surface area contributed by atoms with Crippen molar-refractivity contribution < 1.29 is 9.18 Å². The highest BCUT2D eigenvalue weighted by Gasteiger charge is 2.42. The van der Waals surface area contributed by atoms with Gasteiger partial charge in [-0.15, -0.1) is 5.10 Å². The summed E-state index contributed by atoms with van der Waals surface area (Å²) < 4.78 is 16.7. The maximum Gasteiger partial charge on any atom is 0.247 e. The Hall–Kier alpha value is -4.38. The normalized spacial score (nSPS) is 19.5. The third kappa shape index (κ3) is 3.45. The molecule has 37 heavy (non-hydrogen) atoms. The van der Waals surface area contributed by atoms with E-state index in [1.807, 2.05) is 23.2 Å². The van der Waals surface area contributed by atoms with Gasteiger partial charge in [-0.3, -0.25) is 4.79 Å². The lowest BCUT2D eigenvalue weighted by atomic mass is 9.92. The van der Waals surface area contributed by atoms with E-state index in [9.17, 15) is 4.79 Å². The molecule has 0 spiro atoms. The second-order valence-corrected chi connectivity index (χ2v) is 9.56. The average molecular weight is 516 g/mol. The van der Waals surface area contributed by atoms with Crippen LogP contribution in [-0.2, 0) is 4.79 Å². The molecule has 0 radical (unpaired) electrons. The summed E-state index contributed by atoms with van der Waals surface area (Å²) in [5, 5.41) is 12.2. The summed E-state index contributed by atoms with van der Waals surface area (Å²) in [5.74, 6) is -0.0574. The Morgan fingerprint density at radius 3 is 2.92 bits per heavy atom. The first-order chi connectivity index (χ1) is 18.1. The van der Waals surface area contributed by atoms with Gasteiger partial charge in [-0.2, -0.15) is 4.68 Å². The quantitative estimate of drug-likeness (QED) is 0.369. The van der Waals surface area contributed by atoms with Gasteiger partial charge < -0.3 is 14.9 Å². The Morgan fingerprint density at radius 2 is 2.05 bits per heavy atom. The van der Waals surface area contributed by atoms with Crippen LogP contribution in [-0.4, -0.2) is 57.0 Å². The van der Waals surface area contributed by atoms with Crippen LogP contribution >= 0.6 is 11.6 Å². The molecule has 184 valence electrons. The summed E-state index contributed by atoms with van der Waals surface area (Å²) in [6, 6.07) is 6.73. The third-order valence-corrected chi connectivity index (χ3v) is 7.45. The van der Waals surface area contributed by atoms with E-state index in [0.717, 1.165) is 41.0 Å². The van der Waals surface area contributed by atoms with Crippen molar-refractivity contribution in [2.45, 2.75) is 31.3 Å². The highest BCUT2D eigenvalue weighted by Crippen LogP contribution is 2.44. The number of fused-ring (bicyclic) bond motifs is 2. The van der Waals surface area contributed by atoms with E-state index in [1.54, 1.807) is 18.5 Å². The number of hydrogen-bond donors (Lipinski definition) is 2. The number of nitrogens with one attached hydrogen (secondary N) is 2. The third-order valence-electron chi connectivity index (χ3n) is 7.16. The van der Waals surface area contributed by atoms with Gasteiger partial charge in [0.05, 0.1) is 28.6 Å². The van der Waals surface area contributed by atoms with Crippen molar-refractivity contribution in [2.75, 3.05) is 0 Å². The topological polar surface area (TPSA) is 121 Å². The molecule has 10 nitrogen and oxygen atoms in total. The fraction of sp³-hybridized carbons (Fsp3) is 0.200. The minimum Gasteiger partial charge on any atom is -0.346 e. The highest BCUT2D eigenvalue weighted by molar-refractivity contribution is 6.31. The summed E-state index contributed by atoms with van der Waals surface area (Å²) in [6.45, 7) is 0. The van der Waals surface area contributed by atoms with Gasteiger partial charge >= 0.3 is 0 Å². The van der Waals surface area contributed by atoms with E-state index >= 15 is 4.39 Å². The number of aromatic amines is 2. The Labute approximate surface area is 214 Å². The van der Waals surface area contributed by atoms with Gasteiger partial charge in [-0.25, -0.2) is 14.4 Å². The summed E-state index contributed by atoms with van der Waals surface area (Å²) >= 11 is 6.12. The van der Waals surface area contributed by atoms with Gasteiger partial charge in [0, 0.05) is 41.0 Å². The minimum atomic E-state index is -0.596. The SMILES string of the molecule is O=C1C=C(c2c(-n3cnnn3)ccc(Cl)c2F)C[C@H]2CC[C@@H](c3ncc(-c4ccnc5[nH]ccc45)[nH]3)N12. The van der Waals surface area contributed by atoms with Crippen molar-refractivity contribution >= 4 is 34.1 Å². The molecule has 0 saturated carbocycles. The molecule has 1 aromatic carbocycles. The van der Waals surface area contributed by atoms with E-state index in [-0.39, 0.29) is 28.6 Å². The number of rotatable bonds is 4. The summed E-state index contributed by atoms with van der Waals surface area (Å²) in [7, 11) is 0. The molecule has 7 rings (SSSR count). The molecular weight excluding hydrogens is 497 g/mol. The van der Waals surface area contributed by atoms with E-state index < -0.39 is 5.82 Å². The fourth-order valence-electron chi connectivity index (χ4n) is 5.54. The Kier molecular flexibility index (Phi) is 4.93. The molecule has 0 aliphatic carbocycles. The molecule has 1 fully saturated rings. The van der Waals surface area contributed by atoms with Crippen LogP contribution in [0.3, 0.4) is 0 Å². The van der Waals surface area contributed by atoms with Crippen LogP contribution in [0.2, 0.25) is 5.02 Å². The van der Waals surface area contributed by atoms with Gasteiger partial charge in [0.25, 0.3) is 0 Å². The largest absolute Gasteiger partial charge is 0.346 e. The number of nitrogens with zero attached hydrogens (tertiary/aromatic N) is 7. The minimum absolute atomic E-state index is 0.0253. The Balaban J connectivity index is 1.23. The molecule has 5 aromatic rings. The van der Waals surface area contributed by atoms with Crippen LogP contribution in [0, 0.1) is 5.82 Å². The van der Waals surface area contributed by atoms with Crippen molar-refractivity contribution in [3.8, 4) is 16.9 Å². The first-order valence-electron chi connectivity index (χ1n) is 11.8. The number of imidazole rings is 1. The Bertz CT molecular complexity index is 1690. The zero-order valence-electron chi connectivity index (χ0n) is 19.3. The molecular formula is C25H19ClFN9O. The molecule has 2 aliphatic rings. The number of carbonyl (C=O) groups excluding carboxylic acids is 1. The van der Waals surface area contributed by atoms with Gasteiger partial charge in [0.2, 0.25) is 5.91 Å². The van der Waals surface area contributed by atoms with Crippen LogP contribution < -0.4 is 0 Å². The van der Waals surface area contributed by atoms with Crippen molar-refractivity contribution in [3.05, 3.63) is 77.5 Å². The number of hydrogen-bond acceptors (Lipinski definition) is 6. The zero-order chi connectivity index (χ0) is 25.1. The van der Waals surface area contributed by atoms with Crippen LogP contribution in [0.5, 0.6) is 0 Å². The molecule has 2 atom stereocenters. The number of aromatic nitrogens is 8. The van der Waals surface area contributed by atoms with Gasteiger partial charge in [0.1, 0.15) is 17.8 Å². The molecule has 2 aliphatic heterocycles. The number of tetrazole rings is 1. The number of carbonyl (C=O) groups is 1. The molecule has 1 amide bonds. The van der Waals surface area contributed by atoms with Crippen molar-refractivity contribution in [2.24, 2.45) is 0 Å². The number of halogens is 2. The predicted octanol–water partition coefficient (Wildman–Crippen LogP) is 4.24. The maximum absolute atomic E-state index is 15.3. The average Bonchev–Trinajstić information content (AvgIpc) is 3.71. The van der Waals surface area contributed by atoms with Crippen LogP contribution in [0.1, 0.15) is 36.7 Å². The summed E-state index contributed by atoms with van der Waals surface area (Å²) in [6.07, 6.45) is 10.3. The molecule has 2 N–H and O–H groups in total. The predicted molar refractivity (Wildman–Crippen MR) is 133 cm³/mol. The van der Waals surface area contributed by atoms with E-state index in [4.69, 9.17) is 11.6 Å². The van der Waals surface area contributed by atoms with Gasteiger partial charge in [0.15, 0.2) is 5.82 Å². The van der Waals surface area contributed by atoms with Crippen molar-refractivity contribution in [3.63, 3.8) is 0 Å². The first-order valence-corrected chi connectivity index (χ1v) is 12.2. The zero-order valence-corrected chi connectivity index (χ0v) is 20.0. The maximum atomic E-state index is 15.3. The van der Waals surface area contributed by atoms with Gasteiger partial charge in [-0.05, 0) is 59.5 Å². The van der Waals surface area contributed by atoms with Crippen LogP contribution in [0.4, 0.5) is 4.39 Å². The Morgan fingerprint density at radius 1 is 1.14 bits per heavy atom. The lowest BCUT2D eigenvalue weighted by molar-refractivity contribution is -0.129. The van der Waals surface area contributed by atoms with Crippen molar-refractivity contribution in [1.29, 1.82) is 0 Å². The lowest BCUT2D eigenvalue weighted by Gasteiger charge is -2.33. The van der Waals surface area contributed by atoms with E-state index in [0.29, 0.717) is 17.7 Å². The molecule has 1 saturated heterocycles. The summed E-state index contributed by atoms with van der Waals surface area (Å²) in [4.78, 5) is 30.8. The van der Waals surface area contributed by atoms with Crippen LogP contribution in [0.25, 0.3) is 33.6 Å². The number of amides is 1. The molecule has 4 aromatic heterocycles. The second-order valence-electron chi connectivity index (χ2n) is 9.16. The van der Waals surface area contributed by atoms with E-state index in [2.05, 4.69) is 35.5 Å². The molecule has 12 heteroatoms. The second kappa shape index (κ2) is 8.34. The molecule has 6 heterocycles. The monoisotopic (exact) mass is 515 g/mol. The van der Waals surface area contributed by atoms with Crippen LogP contribution in [0.15, 0.2) is 55.3 Å². The highest BCUT2D eigenvalue weighted by atomic mass is 35.5. The number of pyridine rings is 1. The van der Waals surface area contributed by atoms with Gasteiger partial charge in [-0.1, -0.05) is 11.6 Å². The first kappa shape index (κ1) is 21.9.